The minimum Gasteiger partial charge on any atom is -0.456 e. The standard InChI is InChI=1S/C48H29NO2/c1-3-12-30(13-4-1)32-24-26-40-38(28-32)39-29-33(31-14-5-2-6-15-31)25-27-41(39)49(40)42-20-9-19-37-47-35(18-11-23-45(47)51-48(37)42)34-17-10-22-44-46(34)36-16-7-8-21-43(36)50-44/h1-29H. The molecule has 0 fully saturated rings. The van der Waals surface area contributed by atoms with E-state index >= 15 is 0 Å². The van der Waals surface area contributed by atoms with Crippen LogP contribution in [0.25, 0.3) is 105 Å². The second kappa shape index (κ2) is 10.8. The van der Waals surface area contributed by atoms with Crippen LogP contribution in [-0.4, -0.2) is 4.57 Å². The van der Waals surface area contributed by atoms with E-state index in [0.29, 0.717) is 0 Å². The normalized spacial score (nSPS) is 11.9. The number of para-hydroxylation sites is 2. The van der Waals surface area contributed by atoms with E-state index in [1.807, 2.05) is 12.1 Å². The molecule has 0 saturated heterocycles. The summed E-state index contributed by atoms with van der Waals surface area (Å²) in [5, 5.41) is 6.83. The minimum atomic E-state index is 0.859. The van der Waals surface area contributed by atoms with E-state index in [2.05, 4.69) is 168 Å². The molecular weight excluding hydrogens is 623 g/mol. The molecule has 0 N–H and O–H groups in total. The molecule has 8 aromatic carbocycles. The minimum absolute atomic E-state index is 0.859. The molecule has 0 spiro atoms. The van der Waals surface area contributed by atoms with E-state index in [4.69, 9.17) is 8.83 Å². The molecule has 3 nitrogen and oxygen atoms in total. The largest absolute Gasteiger partial charge is 0.456 e. The molecule has 0 saturated carbocycles. The molecule has 0 unspecified atom stereocenters. The highest BCUT2D eigenvalue weighted by Crippen LogP contribution is 2.45. The number of furan rings is 2. The maximum Gasteiger partial charge on any atom is 0.159 e. The van der Waals surface area contributed by atoms with Crippen LogP contribution >= 0.6 is 0 Å². The van der Waals surface area contributed by atoms with Gasteiger partial charge in [0.05, 0.1) is 16.7 Å². The van der Waals surface area contributed by atoms with E-state index in [0.717, 1.165) is 71.7 Å². The summed E-state index contributed by atoms with van der Waals surface area (Å²) in [5.74, 6) is 0. The smallest absolute Gasteiger partial charge is 0.159 e. The highest BCUT2D eigenvalue weighted by Gasteiger charge is 2.21. The molecule has 3 heteroatoms. The van der Waals surface area contributed by atoms with E-state index in [9.17, 15) is 0 Å². The fourth-order valence-corrected chi connectivity index (χ4v) is 8.14. The van der Waals surface area contributed by atoms with Crippen molar-refractivity contribution in [3.63, 3.8) is 0 Å². The number of benzene rings is 8. The molecule has 51 heavy (non-hydrogen) atoms. The lowest BCUT2D eigenvalue weighted by Crippen LogP contribution is -1.94. The highest BCUT2D eigenvalue weighted by atomic mass is 16.3. The van der Waals surface area contributed by atoms with Gasteiger partial charge in [-0.05, 0) is 81.9 Å². The van der Waals surface area contributed by atoms with E-state index in [1.54, 1.807) is 0 Å². The van der Waals surface area contributed by atoms with Crippen LogP contribution in [0, 0.1) is 0 Å². The van der Waals surface area contributed by atoms with Crippen molar-refractivity contribution in [3.8, 4) is 39.1 Å². The van der Waals surface area contributed by atoms with Gasteiger partial charge in [-0.15, -0.1) is 0 Å². The topological polar surface area (TPSA) is 31.2 Å². The number of rotatable bonds is 4. The van der Waals surface area contributed by atoms with Crippen molar-refractivity contribution < 1.29 is 8.83 Å². The quantitative estimate of drug-likeness (QED) is 0.190. The molecule has 0 aliphatic carbocycles. The van der Waals surface area contributed by atoms with E-state index in [1.165, 1.54) is 33.0 Å². The summed E-state index contributed by atoms with van der Waals surface area (Å²) >= 11 is 0. The Balaban J connectivity index is 1.19. The highest BCUT2D eigenvalue weighted by molar-refractivity contribution is 6.21. The van der Waals surface area contributed by atoms with Gasteiger partial charge in [-0.1, -0.05) is 127 Å². The monoisotopic (exact) mass is 651 g/mol. The lowest BCUT2D eigenvalue weighted by Gasteiger charge is -2.10. The first-order valence-electron chi connectivity index (χ1n) is 17.3. The molecule has 0 radical (unpaired) electrons. The second-order valence-electron chi connectivity index (χ2n) is 13.2. The van der Waals surface area contributed by atoms with Crippen molar-refractivity contribution in [1.82, 2.24) is 4.57 Å². The first kappa shape index (κ1) is 28.0. The molecule has 0 atom stereocenters. The molecule has 11 aromatic rings. The molecular formula is C48H29NO2. The summed E-state index contributed by atoms with van der Waals surface area (Å²) in [6.07, 6.45) is 0. The average molecular weight is 652 g/mol. The van der Waals surface area contributed by atoms with Gasteiger partial charge in [0.25, 0.3) is 0 Å². The first-order valence-corrected chi connectivity index (χ1v) is 17.3. The molecule has 3 heterocycles. The van der Waals surface area contributed by atoms with Crippen molar-refractivity contribution in [2.75, 3.05) is 0 Å². The Morgan fingerprint density at radius 3 is 1.49 bits per heavy atom. The third-order valence-corrected chi connectivity index (χ3v) is 10.4. The van der Waals surface area contributed by atoms with Crippen LogP contribution in [0.4, 0.5) is 0 Å². The average Bonchev–Trinajstić information content (AvgIpc) is 3.88. The van der Waals surface area contributed by atoms with Crippen LogP contribution in [0.15, 0.2) is 185 Å². The van der Waals surface area contributed by atoms with Gasteiger partial charge in [-0.3, -0.25) is 0 Å². The van der Waals surface area contributed by atoms with Crippen LogP contribution in [-0.2, 0) is 0 Å². The summed E-state index contributed by atoms with van der Waals surface area (Å²) in [6.45, 7) is 0. The number of hydrogen-bond acceptors (Lipinski definition) is 2. The zero-order valence-electron chi connectivity index (χ0n) is 27.5. The van der Waals surface area contributed by atoms with Crippen molar-refractivity contribution in [3.05, 3.63) is 176 Å². The second-order valence-corrected chi connectivity index (χ2v) is 13.2. The third-order valence-electron chi connectivity index (χ3n) is 10.4. The number of aromatic nitrogens is 1. The van der Waals surface area contributed by atoms with Crippen LogP contribution < -0.4 is 0 Å². The zero-order valence-corrected chi connectivity index (χ0v) is 27.5. The van der Waals surface area contributed by atoms with Crippen molar-refractivity contribution in [1.29, 1.82) is 0 Å². The maximum absolute atomic E-state index is 6.89. The van der Waals surface area contributed by atoms with E-state index in [-0.39, 0.29) is 0 Å². The summed E-state index contributed by atoms with van der Waals surface area (Å²) < 4.78 is 15.6. The fourth-order valence-electron chi connectivity index (χ4n) is 8.14. The SMILES string of the molecule is c1ccc(-c2ccc3c(c2)c2cc(-c4ccccc4)ccc2n3-c2cccc3c2oc2cccc(-c4cccc5oc6ccccc6c45)c23)cc1. The predicted octanol–water partition coefficient (Wildman–Crippen LogP) is 13.6. The van der Waals surface area contributed by atoms with Crippen molar-refractivity contribution in [2.45, 2.75) is 0 Å². The first-order chi connectivity index (χ1) is 25.3. The fraction of sp³-hybridized carbons (Fsp3) is 0. The Labute approximate surface area is 293 Å². The van der Waals surface area contributed by atoms with E-state index < -0.39 is 0 Å². The van der Waals surface area contributed by atoms with Crippen LogP contribution in [0.2, 0.25) is 0 Å². The Kier molecular flexibility index (Phi) is 5.96. The lowest BCUT2D eigenvalue weighted by molar-refractivity contribution is 0.666. The molecule has 0 aliphatic rings. The van der Waals surface area contributed by atoms with Crippen LogP contribution in [0.3, 0.4) is 0 Å². The maximum atomic E-state index is 6.89. The summed E-state index contributed by atoms with van der Waals surface area (Å²) in [7, 11) is 0. The van der Waals surface area contributed by atoms with Crippen LogP contribution in [0.1, 0.15) is 0 Å². The van der Waals surface area contributed by atoms with Crippen molar-refractivity contribution in [2.24, 2.45) is 0 Å². The van der Waals surface area contributed by atoms with Gasteiger partial charge in [-0.2, -0.15) is 0 Å². The number of nitrogens with zero attached hydrogens (tertiary/aromatic N) is 1. The number of fused-ring (bicyclic) bond motifs is 9. The molecule has 238 valence electrons. The molecule has 0 amide bonds. The summed E-state index contributed by atoms with van der Waals surface area (Å²) in [6, 6.07) is 62.4. The summed E-state index contributed by atoms with van der Waals surface area (Å²) in [5.41, 5.74) is 13.8. The third kappa shape index (κ3) is 4.19. The van der Waals surface area contributed by atoms with Crippen molar-refractivity contribution >= 4 is 65.7 Å². The Hall–Kier alpha value is -6.84. The molecule has 0 bridgehead atoms. The van der Waals surface area contributed by atoms with Gasteiger partial charge in [0.1, 0.15) is 16.7 Å². The van der Waals surface area contributed by atoms with Gasteiger partial charge in [0.15, 0.2) is 5.58 Å². The Bertz CT molecular complexity index is 3030. The molecule has 0 aliphatic heterocycles. The van der Waals surface area contributed by atoms with Gasteiger partial charge < -0.3 is 13.4 Å². The van der Waals surface area contributed by atoms with Gasteiger partial charge in [-0.25, -0.2) is 0 Å². The Morgan fingerprint density at radius 1 is 0.333 bits per heavy atom. The summed E-state index contributed by atoms with van der Waals surface area (Å²) in [4.78, 5) is 0. The van der Waals surface area contributed by atoms with Gasteiger partial charge in [0.2, 0.25) is 0 Å². The van der Waals surface area contributed by atoms with Gasteiger partial charge >= 0.3 is 0 Å². The number of hydrogen-bond donors (Lipinski definition) is 0. The predicted molar refractivity (Wildman–Crippen MR) is 212 cm³/mol. The molecule has 11 rings (SSSR count). The van der Waals surface area contributed by atoms with Gasteiger partial charge in [0, 0.05) is 32.3 Å². The van der Waals surface area contributed by atoms with Crippen LogP contribution in [0.5, 0.6) is 0 Å². The lowest BCUT2D eigenvalue weighted by atomic mass is 9.95. The zero-order chi connectivity index (χ0) is 33.5. The molecule has 3 aromatic heterocycles. The Morgan fingerprint density at radius 2 is 0.843 bits per heavy atom.